The first-order chi connectivity index (χ1) is 10.7. The molecule has 3 heteroatoms. The molecule has 2 aliphatic rings. The number of fused-ring (bicyclic) bond motifs is 1. The lowest BCUT2D eigenvalue weighted by Crippen LogP contribution is -2.43. The number of carbonyl (C=O) groups is 1. The molecule has 0 bridgehead atoms. The van der Waals surface area contributed by atoms with Crippen molar-refractivity contribution in [2.24, 2.45) is 5.92 Å². The lowest BCUT2D eigenvalue weighted by molar-refractivity contribution is -0.119. The molecule has 1 fully saturated rings. The number of nitrogens with one attached hydrogen (secondary N) is 2. The topological polar surface area (TPSA) is 41.1 Å². The molecule has 0 radical (unpaired) electrons. The molecule has 2 N–H and O–H groups in total. The van der Waals surface area contributed by atoms with Crippen molar-refractivity contribution in [3.63, 3.8) is 0 Å². The zero-order valence-corrected chi connectivity index (χ0v) is 13.6. The van der Waals surface area contributed by atoms with Gasteiger partial charge in [-0.15, -0.1) is 0 Å². The third kappa shape index (κ3) is 4.10. The molecule has 3 nitrogen and oxygen atoms in total. The van der Waals surface area contributed by atoms with Crippen molar-refractivity contribution in [3.05, 3.63) is 35.4 Å². The van der Waals surface area contributed by atoms with Gasteiger partial charge in [-0.25, -0.2) is 0 Å². The second kappa shape index (κ2) is 7.28. The Balaban J connectivity index is 1.40. The third-order valence-corrected chi connectivity index (χ3v) is 5.28. The van der Waals surface area contributed by atoms with Crippen molar-refractivity contribution >= 4 is 5.91 Å². The summed E-state index contributed by atoms with van der Waals surface area (Å²) in [6, 6.07) is 9.94. The molecule has 1 aromatic carbocycles. The van der Waals surface area contributed by atoms with Crippen LogP contribution in [0.25, 0.3) is 0 Å². The number of carbonyl (C=O) groups excluding carboxylic acids is 1. The molecular formula is C19H28N2O. The van der Waals surface area contributed by atoms with Crippen molar-refractivity contribution in [1.29, 1.82) is 0 Å². The largest absolute Gasteiger partial charge is 0.354 e. The Hall–Kier alpha value is -1.35. The van der Waals surface area contributed by atoms with Gasteiger partial charge in [0.25, 0.3) is 0 Å². The molecule has 0 spiro atoms. The average Bonchev–Trinajstić information content (AvgIpc) is 2.53. The zero-order chi connectivity index (χ0) is 15.4. The molecule has 0 aromatic heterocycles. The van der Waals surface area contributed by atoms with E-state index in [1.807, 2.05) is 0 Å². The normalized spacial score (nSPS) is 28.0. The summed E-state index contributed by atoms with van der Waals surface area (Å²) in [4.78, 5) is 11.1. The SMILES string of the molecule is CC(=O)NC1CCC(NC[C@@H]2CCc3ccccc3C2)CC1. The number of aryl methyl sites for hydroxylation is 1. The maximum absolute atomic E-state index is 11.1. The van der Waals surface area contributed by atoms with Crippen molar-refractivity contribution in [3.8, 4) is 0 Å². The zero-order valence-electron chi connectivity index (χ0n) is 13.6. The van der Waals surface area contributed by atoms with Crippen LogP contribution in [0.1, 0.15) is 50.2 Å². The standard InChI is InChI=1S/C19H28N2O/c1-14(22)21-19-10-8-18(9-11-19)20-13-15-6-7-16-4-2-3-5-17(16)12-15/h2-5,15,18-20H,6-13H2,1H3,(H,21,22)/t15-,18?,19?/m1/s1. The first kappa shape index (κ1) is 15.5. The Morgan fingerprint density at radius 3 is 2.45 bits per heavy atom. The van der Waals surface area contributed by atoms with Gasteiger partial charge >= 0.3 is 0 Å². The van der Waals surface area contributed by atoms with E-state index in [2.05, 4.69) is 34.9 Å². The van der Waals surface area contributed by atoms with E-state index in [1.165, 1.54) is 32.1 Å². The molecular weight excluding hydrogens is 272 g/mol. The number of amides is 1. The Bertz CT molecular complexity index is 506. The predicted molar refractivity (Wildman–Crippen MR) is 89.8 cm³/mol. The van der Waals surface area contributed by atoms with Gasteiger partial charge in [0.05, 0.1) is 0 Å². The number of benzene rings is 1. The second-order valence-electron chi connectivity index (χ2n) is 7.03. The van der Waals surface area contributed by atoms with Crippen molar-refractivity contribution in [1.82, 2.24) is 10.6 Å². The summed E-state index contributed by atoms with van der Waals surface area (Å²) in [5.74, 6) is 0.889. The van der Waals surface area contributed by atoms with E-state index in [-0.39, 0.29) is 5.91 Å². The van der Waals surface area contributed by atoms with Gasteiger partial charge in [-0.2, -0.15) is 0 Å². The van der Waals surface area contributed by atoms with Crippen LogP contribution < -0.4 is 10.6 Å². The molecule has 1 amide bonds. The lowest BCUT2D eigenvalue weighted by atomic mass is 9.83. The molecule has 0 unspecified atom stereocenters. The van der Waals surface area contributed by atoms with Crippen LogP contribution in [0.15, 0.2) is 24.3 Å². The molecule has 22 heavy (non-hydrogen) atoms. The predicted octanol–water partition coefficient (Wildman–Crippen LogP) is 2.83. The Kier molecular flexibility index (Phi) is 5.14. The van der Waals surface area contributed by atoms with E-state index in [0.29, 0.717) is 12.1 Å². The molecule has 1 saturated carbocycles. The fourth-order valence-corrected chi connectivity index (χ4v) is 4.01. The van der Waals surface area contributed by atoms with Crippen LogP contribution in [-0.2, 0) is 17.6 Å². The van der Waals surface area contributed by atoms with E-state index in [1.54, 1.807) is 18.1 Å². The summed E-state index contributed by atoms with van der Waals surface area (Å²) >= 11 is 0. The molecule has 0 heterocycles. The van der Waals surface area contributed by atoms with Gasteiger partial charge in [0.1, 0.15) is 0 Å². The van der Waals surface area contributed by atoms with Gasteiger partial charge in [0.15, 0.2) is 0 Å². The quantitative estimate of drug-likeness (QED) is 0.898. The van der Waals surface area contributed by atoms with Crippen LogP contribution in [0.2, 0.25) is 0 Å². The number of hydrogen-bond donors (Lipinski definition) is 2. The Morgan fingerprint density at radius 1 is 1.05 bits per heavy atom. The van der Waals surface area contributed by atoms with Crippen LogP contribution in [0.5, 0.6) is 0 Å². The Labute approximate surface area is 133 Å². The van der Waals surface area contributed by atoms with E-state index < -0.39 is 0 Å². The summed E-state index contributed by atoms with van der Waals surface area (Å²) in [5, 5.41) is 6.84. The number of hydrogen-bond acceptors (Lipinski definition) is 2. The third-order valence-electron chi connectivity index (χ3n) is 5.28. The maximum Gasteiger partial charge on any atom is 0.217 e. The highest BCUT2D eigenvalue weighted by molar-refractivity contribution is 5.73. The lowest BCUT2D eigenvalue weighted by Gasteiger charge is -2.32. The molecule has 3 rings (SSSR count). The summed E-state index contributed by atoms with van der Waals surface area (Å²) in [6.07, 6.45) is 8.38. The maximum atomic E-state index is 11.1. The van der Waals surface area contributed by atoms with Gasteiger partial charge in [-0.3, -0.25) is 4.79 Å². The molecule has 0 saturated heterocycles. The molecule has 0 aliphatic heterocycles. The minimum absolute atomic E-state index is 0.109. The van der Waals surface area contributed by atoms with Crippen molar-refractivity contribution in [2.75, 3.05) is 6.54 Å². The van der Waals surface area contributed by atoms with Crippen LogP contribution in [0.3, 0.4) is 0 Å². The smallest absolute Gasteiger partial charge is 0.217 e. The van der Waals surface area contributed by atoms with Crippen molar-refractivity contribution in [2.45, 2.75) is 64.0 Å². The number of rotatable bonds is 4. The molecule has 120 valence electrons. The van der Waals surface area contributed by atoms with Gasteiger partial charge in [0.2, 0.25) is 5.91 Å². The monoisotopic (exact) mass is 300 g/mol. The van der Waals surface area contributed by atoms with Crippen molar-refractivity contribution < 1.29 is 4.79 Å². The average molecular weight is 300 g/mol. The van der Waals surface area contributed by atoms with E-state index >= 15 is 0 Å². The van der Waals surface area contributed by atoms with E-state index in [0.717, 1.165) is 25.3 Å². The van der Waals surface area contributed by atoms with Crippen LogP contribution >= 0.6 is 0 Å². The molecule has 1 aromatic rings. The highest BCUT2D eigenvalue weighted by Gasteiger charge is 2.23. The van der Waals surface area contributed by atoms with Gasteiger partial charge in [-0.1, -0.05) is 24.3 Å². The van der Waals surface area contributed by atoms with Crippen LogP contribution in [0.4, 0.5) is 0 Å². The van der Waals surface area contributed by atoms with Crippen LogP contribution in [0, 0.1) is 5.92 Å². The first-order valence-corrected chi connectivity index (χ1v) is 8.78. The fraction of sp³-hybridized carbons (Fsp3) is 0.632. The van der Waals surface area contributed by atoms with E-state index in [9.17, 15) is 4.79 Å². The molecule has 2 aliphatic carbocycles. The summed E-state index contributed by atoms with van der Waals surface area (Å²) in [7, 11) is 0. The Morgan fingerprint density at radius 2 is 1.73 bits per heavy atom. The second-order valence-corrected chi connectivity index (χ2v) is 7.03. The summed E-state index contributed by atoms with van der Waals surface area (Å²) < 4.78 is 0. The first-order valence-electron chi connectivity index (χ1n) is 8.78. The molecule has 1 atom stereocenters. The highest BCUT2D eigenvalue weighted by atomic mass is 16.1. The minimum atomic E-state index is 0.109. The van der Waals surface area contributed by atoms with Gasteiger partial charge in [-0.05, 0) is 68.5 Å². The fourth-order valence-electron chi connectivity index (χ4n) is 4.01. The minimum Gasteiger partial charge on any atom is -0.354 e. The van der Waals surface area contributed by atoms with Gasteiger partial charge in [0, 0.05) is 19.0 Å². The van der Waals surface area contributed by atoms with Gasteiger partial charge < -0.3 is 10.6 Å². The highest BCUT2D eigenvalue weighted by Crippen LogP contribution is 2.25. The van der Waals surface area contributed by atoms with Crippen LogP contribution in [-0.4, -0.2) is 24.5 Å². The summed E-state index contributed by atoms with van der Waals surface area (Å²) in [6.45, 7) is 2.76. The summed E-state index contributed by atoms with van der Waals surface area (Å²) in [5.41, 5.74) is 3.10. The van der Waals surface area contributed by atoms with E-state index in [4.69, 9.17) is 0 Å².